The Bertz CT molecular complexity index is 1350. The van der Waals surface area contributed by atoms with E-state index >= 15 is 0 Å². The number of nitrogens with two attached hydrogens (primary N) is 1. The number of guanidine groups is 1. The number of alkyl halides is 3. The molecule has 0 saturated carbocycles. The van der Waals surface area contributed by atoms with Crippen LogP contribution in [0.1, 0.15) is 11.3 Å². The predicted octanol–water partition coefficient (Wildman–Crippen LogP) is 0.940. The zero-order valence-electron chi connectivity index (χ0n) is 20.6. The van der Waals surface area contributed by atoms with Crippen LogP contribution in [-0.2, 0) is 36.7 Å². The van der Waals surface area contributed by atoms with Gasteiger partial charge in [0.15, 0.2) is 0 Å². The van der Waals surface area contributed by atoms with E-state index in [9.17, 15) is 31.2 Å². The molecule has 1 aromatic carbocycles. The monoisotopic (exact) mass is 598 g/mol. The summed E-state index contributed by atoms with van der Waals surface area (Å²) in [6, 6.07) is 9.42. The van der Waals surface area contributed by atoms with Crippen molar-refractivity contribution in [2.75, 3.05) is 24.5 Å². The summed E-state index contributed by atoms with van der Waals surface area (Å²) in [6.45, 7) is 1.49. The van der Waals surface area contributed by atoms with Gasteiger partial charge in [0.05, 0.1) is 12.4 Å². The second-order valence-electron chi connectivity index (χ2n) is 7.62. The average Bonchev–Trinajstić information content (AvgIpc) is 2.80. The molecule has 1 aromatic heterocycles. The van der Waals surface area contributed by atoms with Crippen molar-refractivity contribution in [3.05, 3.63) is 63.0 Å². The van der Waals surface area contributed by atoms with E-state index in [2.05, 4.69) is 10.8 Å². The number of aliphatic carboxylic acids is 1. The smallest absolute Gasteiger partial charge is 0.475 e. The number of benzene rings is 1. The molecule has 2 aromatic rings. The maximum absolute atomic E-state index is 13.0. The highest BCUT2D eigenvalue weighted by Gasteiger charge is 2.38. The molecule has 0 fully saturated rings. The van der Waals surface area contributed by atoms with E-state index in [1.165, 1.54) is 17.7 Å². The lowest BCUT2D eigenvalue weighted by Crippen LogP contribution is -2.39. The van der Waals surface area contributed by atoms with Gasteiger partial charge < -0.3 is 20.7 Å². The van der Waals surface area contributed by atoms with E-state index in [0.717, 1.165) is 4.31 Å². The van der Waals surface area contributed by atoms with E-state index in [1.54, 1.807) is 37.3 Å². The van der Waals surface area contributed by atoms with Crippen LogP contribution in [0.3, 0.4) is 0 Å². The molecule has 0 aliphatic rings. The first-order valence-corrected chi connectivity index (χ1v) is 12.6. The van der Waals surface area contributed by atoms with E-state index in [-0.39, 0.29) is 37.1 Å². The van der Waals surface area contributed by atoms with Crippen LogP contribution in [0.4, 0.5) is 18.9 Å². The Morgan fingerprint density at radius 2 is 1.87 bits per heavy atom. The quantitative estimate of drug-likeness (QED) is 0.114. The van der Waals surface area contributed by atoms with Crippen molar-refractivity contribution in [3.8, 4) is 0 Å². The largest absolute Gasteiger partial charge is 0.490 e. The number of sulfonamides is 1. The Kier molecular flexibility index (Phi) is 12.2. The predicted molar refractivity (Wildman–Crippen MR) is 136 cm³/mol. The maximum Gasteiger partial charge on any atom is 0.490 e. The van der Waals surface area contributed by atoms with E-state index in [1.807, 2.05) is 0 Å². The number of aryl methyl sites for hydroxylation is 1. The Balaban J connectivity index is 0.000000956. The summed E-state index contributed by atoms with van der Waals surface area (Å²) in [5.74, 6) is -3.94. The second kappa shape index (κ2) is 14.4. The Morgan fingerprint density at radius 3 is 2.41 bits per heavy atom. The molecule has 1 amide bonds. The van der Waals surface area contributed by atoms with Crippen LogP contribution in [0.5, 0.6) is 0 Å². The van der Waals surface area contributed by atoms with Gasteiger partial charge >= 0.3 is 12.1 Å². The molecule has 0 radical (unpaired) electrons. The van der Waals surface area contributed by atoms with E-state index in [0.29, 0.717) is 16.3 Å². The van der Waals surface area contributed by atoms with Gasteiger partial charge in [0.1, 0.15) is 12.2 Å². The molecule has 6 N–H and O–H groups in total. The summed E-state index contributed by atoms with van der Waals surface area (Å²) in [7, 11) is -2.59. The van der Waals surface area contributed by atoms with Crippen LogP contribution < -0.4 is 26.4 Å². The number of rotatable bonds is 10. The number of amides is 1. The molecule has 0 unspecified atom stereocenters. The fourth-order valence-electron chi connectivity index (χ4n) is 2.75. The molecule has 1 heterocycles. The average molecular weight is 599 g/mol. The SMILES string of the molecule is Cc1ccc(N(C)S(=O)(=O)Cc2cccc(Cl)c2)c(=O)n1CC(=O)NCCONC(=N)N.O=C(O)C(F)(F)F. The van der Waals surface area contributed by atoms with Gasteiger partial charge in [-0.1, -0.05) is 23.7 Å². The molecule has 0 bridgehead atoms. The van der Waals surface area contributed by atoms with Gasteiger partial charge in [0, 0.05) is 24.3 Å². The highest BCUT2D eigenvalue weighted by Crippen LogP contribution is 2.18. The summed E-state index contributed by atoms with van der Waals surface area (Å²) in [5.41, 5.74) is 7.46. The fourth-order valence-corrected chi connectivity index (χ4v) is 4.20. The molecular weight excluding hydrogens is 573 g/mol. The van der Waals surface area contributed by atoms with Gasteiger partial charge in [-0.25, -0.2) is 18.7 Å². The van der Waals surface area contributed by atoms with E-state index < -0.39 is 33.6 Å². The Labute approximate surface area is 225 Å². The molecule has 0 aliphatic carbocycles. The van der Waals surface area contributed by atoms with Crippen LogP contribution in [0.25, 0.3) is 0 Å². The number of pyridine rings is 1. The number of anilines is 1. The minimum atomic E-state index is -5.08. The molecule has 0 atom stereocenters. The van der Waals surface area contributed by atoms with Gasteiger partial charge in [0.25, 0.3) is 5.56 Å². The third-order valence-electron chi connectivity index (χ3n) is 4.62. The lowest BCUT2D eigenvalue weighted by atomic mass is 10.2. The summed E-state index contributed by atoms with van der Waals surface area (Å²) >= 11 is 5.92. The van der Waals surface area contributed by atoms with Gasteiger partial charge in [-0.15, -0.1) is 0 Å². The normalized spacial score (nSPS) is 11.1. The molecule has 0 spiro atoms. The number of nitrogens with zero attached hydrogens (tertiary/aromatic N) is 2. The number of carboxylic acid groups (broad SMARTS) is 1. The number of halogens is 4. The van der Waals surface area contributed by atoms with Crippen molar-refractivity contribution in [1.29, 1.82) is 5.41 Å². The molecule has 13 nitrogen and oxygen atoms in total. The van der Waals surface area contributed by atoms with Crippen LogP contribution >= 0.6 is 11.6 Å². The molecule has 2 rings (SSSR count). The number of nitrogens with one attached hydrogen (secondary N) is 3. The van der Waals surface area contributed by atoms with Crippen molar-refractivity contribution < 1.29 is 41.1 Å². The molecule has 39 heavy (non-hydrogen) atoms. The van der Waals surface area contributed by atoms with Gasteiger partial charge in [0.2, 0.25) is 21.9 Å². The lowest BCUT2D eigenvalue weighted by Gasteiger charge is -2.21. The summed E-state index contributed by atoms with van der Waals surface area (Å²) in [6.07, 6.45) is -5.08. The number of aromatic nitrogens is 1. The zero-order valence-corrected chi connectivity index (χ0v) is 22.2. The summed E-state index contributed by atoms with van der Waals surface area (Å²) in [5, 5.41) is 17.0. The molecule has 216 valence electrons. The fraction of sp³-hybridized carbons (Fsp3) is 0.333. The lowest BCUT2D eigenvalue weighted by molar-refractivity contribution is -0.192. The zero-order chi connectivity index (χ0) is 30.0. The first-order chi connectivity index (χ1) is 18.0. The standard InChI is InChI=1S/C19H25ClN6O5S.C2HF3O2/c1-13-6-7-16(25(2)32(29,30)12-14-4-3-5-15(20)10-14)18(28)26(13)11-17(27)23-8-9-31-24-19(21)22;3-2(4,5)1(6)7/h3-7,10H,8-9,11-12H2,1-2H3,(H,23,27)(H4,21,22,24);(H,6,7). The van der Waals surface area contributed by atoms with Crippen LogP contribution in [0.2, 0.25) is 5.02 Å². The molecule has 0 saturated heterocycles. The van der Waals surface area contributed by atoms with Crippen molar-refractivity contribution in [2.24, 2.45) is 5.73 Å². The number of carbonyl (C=O) groups excluding carboxylic acids is 1. The van der Waals surface area contributed by atoms with E-state index in [4.69, 9.17) is 37.5 Å². The van der Waals surface area contributed by atoms with Crippen LogP contribution in [0, 0.1) is 12.3 Å². The number of hydrogen-bond acceptors (Lipinski definition) is 7. The third-order valence-corrected chi connectivity index (χ3v) is 6.58. The van der Waals surface area contributed by atoms with Gasteiger partial charge in [-0.2, -0.15) is 13.2 Å². The van der Waals surface area contributed by atoms with Crippen molar-refractivity contribution >= 4 is 45.1 Å². The number of hydroxylamine groups is 1. The topological polar surface area (TPSA) is 197 Å². The highest BCUT2D eigenvalue weighted by molar-refractivity contribution is 7.92. The van der Waals surface area contributed by atoms with Crippen LogP contribution in [0.15, 0.2) is 41.2 Å². The molecule has 0 aliphatic heterocycles. The number of carboxylic acids is 1. The number of hydrogen-bond donors (Lipinski definition) is 5. The molecular formula is C21H26ClF3N6O7S. The molecule has 18 heteroatoms. The Morgan fingerprint density at radius 1 is 1.26 bits per heavy atom. The first-order valence-electron chi connectivity index (χ1n) is 10.7. The van der Waals surface area contributed by atoms with Crippen molar-refractivity contribution in [2.45, 2.75) is 25.4 Å². The van der Waals surface area contributed by atoms with Gasteiger partial charge in [-0.3, -0.25) is 24.1 Å². The van der Waals surface area contributed by atoms with Crippen molar-refractivity contribution in [1.82, 2.24) is 15.4 Å². The summed E-state index contributed by atoms with van der Waals surface area (Å²) < 4.78 is 59.5. The second-order valence-corrected chi connectivity index (χ2v) is 10.1. The highest BCUT2D eigenvalue weighted by atomic mass is 35.5. The number of carbonyl (C=O) groups is 2. The first kappa shape index (κ1) is 33.2. The minimum Gasteiger partial charge on any atom is -0.475 e. The minimum absolute atomic E-state index is 0.0454. The van der Waals surface area contributed by atoms with Crippen molar-refractivity contribution in [3.63, 3.8) is 0 Å². The third kappa shape index (κ3) is 11.2. The summed E-state index contributed by atoms with van der Waals surface area (Å²) in [4.78, 5) is 38.9. The maximum atomic E-state index is 13.0. The Hall–Kier alpha value is -3.83. The van der Waals surface area contributed by atoms with Crippen LogP contribution in [-0.4, -0.2) is 62.3 Å². The van der Waals surface area contributed by atoms with Gasteiger partial charge in [-0.05, 0) is 36.8 Å².